The summed E-state index contributed by atoms with van der Waals surface area (Å²) in [5, 5.41) is 11.1. The molecular weight excluding hydrogens is 505 g/mol. The van der Waals surface area contributed by atoms with Gasteiger partial charge in [-0.3, -0.25) is 15.1 Å². The average Bonchev–Trinajstić information content (AvgIpc) is 3.52. The molecule has 0 fully saturated rings. The van der Waals surface area contributed by atoms with E-state index in [9.17, 15) is 4.79 Å². The Labute approximate surface area is 223 Å². The summed E-state index contributed by atoms with van der Waals surface area (Å²) < 4.78 is 0. The van der Waals surface area contributed by atoms with E-state index in [0.717, 1.165) is 27.8 Å². The monoisotopic (exact) mass is 525 g/mol. The lowest BCUT2D eigenvalue weighted by Crippen LogP contribution is -2.35. The quantitative estimate of drug-likeness (QED) is 0.257. The van der Waals surface area contributed by atoms with Crippen LogP contribution in [-0.2, 0) is 4.79 Å². The highest BCUT2D eigenvalue weighted by Crippen LogP contribution is 2.41. The van der Waals surface area contributed by atoms with Gasteiger partial charge in [0.1, 0.15) is 5.92 Å². The Balaban J connectivity index is 1.47. The molecule has 2 atom stereocenters. The average molecular weight is 526 g/mol. The largest absolute Gasteiger partial charge is 0.324 e. The molecule has 5 aromatic rings. The number of nitrogens with one attached hydrogen (secondary N) is 2. The Kier molecular flexibility index (Phi) is 6.12. The van der Waals surface area contributed by atoms with Gasteiger partial charge in [0.05, 0.1) is 28.5 Å². The van der Waals surface area contributed by atoms with E-state index < -0.39 is 12.0 Å². The number of rotatable bonds is 5. The van der Waals surface area contributed by atoms with E-state index in [0.29, 0.717) is 21.7 Å². The lowest BCUT2D eigenvalue weighted by Gasteiger charge is -2.28. The van der Waals surface area contributed by atoms with Crippen molar-refractivity contribution in [2.45, 2.75) is 6.04 Å². The van der Waals surface area contributed by atoms with E-state index in [1.54, 1.807) is 12.1 Å². The molecule has 1 amide bonds. The molecule has 2 unspecified atom stereocenters. The van der Waals surface area contributed by atoms with Gasteiger partial charge >= 0.3 is 0 Å². The van der Waals surface area contributed by atoms with Gasteiger partial charge in [-0.1, -0.05) is 77.8 Å². The van der Waals surface area contributed by atoms with E-state index in [1.807, 2.05) is 96.0 Å². The van der Waals surface area contributed by atoms with E-state index >= 15 is 0 Å². The number of anilines is 2. The van der Waals surface area contributed by atoms with Gasteiger partial charge in [-0.2, -0.15) is 5.10 Å². The van der Waals surface area contributed by atoms with Crippen molar-refractivity contribution in [3.63, 3.8) is 0 Å². The smallest absolute Gasteiger partial charge is 0.238 e. The Morgan fingerprint density at radius 1 is 0.811 bits per heavy atom. The first-order valence-corrected chi connectivity index (χ1v) is 12.5. The topological polar surface area (TPSA) is 73.4 Å². The predicted octanol–water partition coefficient (Wildman–Crippen LogP) is 7.09. The molecule has 0 radical (unpaired) electrons. The summed E-state index contributed by atoms with van der Waals surface area (Å²) in [5.74, 6) is -0.503. The van der Waals surface area contributed by atoms with Crippen LogP contribution in [0.1, 0.15) is 17.2 Å². The first kappa shape index (κ1) is 23.3. The normalized spacial score (nSPS) is 17.1. The van der Waals surface area contributed by atoms with Crippen molar-refractivity contribution < 1.29 is 4.79 Å². The Morgan fingerprint density at radius 3 is 2.16 bits per heavy atom. The predicted molar refractivity (Wildman–Crippen MR) is 149 cm³/mol. The van der Waals surface area contributed by atoms with Crippen molar-refractivity contribution >= 4 is 57.5 Å². The number of amides is 1. The fourth-order valence-electron chi connectivity index (χ4n) is 4.66. The standard InChI is InChI=1S/C29H21Cl2N5O/c30-20-14-10-18(11-15-20)26-25(28(37)34-29-32-23-8-4-5-9-24(23)33-29)27(19-12-16-21(31)17-13-19)36(35-26)22-6-2-1-3-7-22/h1-17,25,27H,(H2,32,33,34,37). The highest BCUT2D eigenvalue weighted by Gasteiger charge is 2.44. The molecule has 6 rings (SSSR count). The number of hydrogen-bond donors (Lipinski definition) is 2. The fraction of sp³-hybridized carbons (Fsp3) is 0.0690. The van der Waals surface area contributed by atoms with Gasteiger partial charge < -0.3 is 4.98 Å². The second-order valence-electron chi connectivity index (χ2n) is 8.74. The number of carbonyl (C=O) groups is 1. The van der Waals surface area contributed by atoms with Crippen LogP contribution in [0.2, 0.25) is 10.0 Å². The number of imidazole rings is 1. The highest BCUT2D eigenvalue weighted by molar-refractivity contribution is 6.31. The second kappa shape index (κ2) is 9.73. The maximum atomic E-state index is 14.0. The maximum Gasteiger partial charge on any atom is 0.238 e. The van der Waals surface area contributed by atoms with Gasteiger partial charge in [0.2, 0.25) is 11.9 Å². The maximum absolute atomic E-state index is 14.0. The molecule has 6 nitrogen and oxygen atoms in total. The van der Waals surface area contributed by atoms with Crippen LogP contribution in [0.15, 0.2) is 108 Å². The van der Waals surface area contributed by atoms with Gasteiger partial charge in [0.25, 0.3) is 0 Å². The summed E-state index contributed by atoms with van der Waals surface area (Å²) in [4.78, 5) is 21.8. The zero-order valence-corrected chi connectivity index (χ0v) is 21.0. The molecule has 1 aromatic heterocycles. The van der Waals surface area contributed by atoms with Crippen molar-refractivity contribution in [1.29, 1.82) is 0 Å². The zero-order chi connectivity index (χ0) is 25.4. The molecular formula is C29H21Cl2N5O. The molecule has 2 heterocycles. The fourth-order valence-corrected chi connectivity index (χ4v) is 4.91. The number of aromatic amines is 1. The lowest BCUT2D eigenvalue weighted by molar-refractivity contribution is -0.118. The van der Waals surface area contributed by atoms with Crippen LogP contribution < -0.4 is 10.3 Å². The van der Waals surface area contributed by atoms with Gasteiger partial charge in [0, 0.05) is 10.0 Å². The number of benzene rings is 4. The van der Waals surface area contributed by atoms with E-state index in [-0.39, 0.29) is 5.91 Å². The molecule has 37 heavy (non-hydrogen) atoms. The van der Waals surface area contributed by atoms with Crippen LogP contribution in [0.5, 0.6) is 0 Å². The van der Waals surface area contributed by atoms with E-state index in [1.165, 1.54) is 0 Å². The van der Waals surface area contributed by atoms with Crippen molar-refractivity contribution in [2.75, 3.05) is 10.3 Å². The number of nitrogens with zero attached hydrogens (tertiary/aromatic N) is 3. The van der Waals surface area contributed by atoms with E-state index in [2.05, 4.69) is 15.3 Å². The number of fused-ring (bicyclic) bond motifs is 1. The molecule has 1 aliphatic heterocycles. The van der Waals surface area contributed by atoms with Crippen LogP contribution in [0, 0.1) is 5.92 Å². The van der Waals surface area contributed by atoms with Crippen molar-refractivity contribution in [2.24, 2.45) is 11.0 Å². The molecule has 0 bridgehead atoms. The van der Waals surface area contributed by atoms with Crippen LogP contribution in [0.25, 0.3) is 11.0 Å². The minimum absolute atomic E-state index is 0.230. The molecule has 1 aliphatic rings. The first-order valence-electron chi connectivity index (χ1n) is 11.8. The molecule has 8 heteroatoms. The van der Waals surface area contributed by atoms with Gasteiger partial charge in [0.15, 0.2) is 0 Å². The molecule has 0 spiro atoms. The van der Waals surface area contributed by atoms with Crippen LogP contribution in [0.4, 0.5) is 11.6 Å². The summed E-state index contributed by atoms with van der Waals surface area (Å²) >= 11 is 12.4. The summed E-state index contributed by atoms with van der Waals surface area (Å²) in [7, 11) is 0. The number of carbonyl (C=O) groups excluding carboxylic acids is 1. The number of para-hydroxylation sites is 3. The van der Waals surface area contributed by atoms with Gasteiger partial charge in [-0.25, -0.2) is 4.98 Å². The van der Waals surface area contributed by atoms with Gasteiger partial charge in [-0.15, -0.1) is 0 Å². The summed E-state index contributed by atoms with van der Waals surface area (Å²) in [6, 6.07) is 31.9. The van der Waals surface area contributed by atoms with Crippen LogP contribution >= 0.6 is 23.2 Å². The Bertz CT molecular complexity index is 1560. The SMILES string of the molecule is O=C(Nc1nc2ccccc2[nH]1)C1C(c2ccc(Cl)cc2)=NN(c2ccccc2)C1c1ccc(Cl)cc1. The zero-order valence-electron chi connectivity index (χ0n) is 19.5. The summed E-state index contributed by atoms with van der Waals surface area (Å²) in [6.07, 6.45) is 0. The minimum atomic E-state index is -0.657. The molecule has 182 valence electrons. The first-order chi connectivity index (χ1) is 18.1. The van der Waals surface area contributed by atoms with Crippen LogP contribution in [0.3, 0.4) is 0 Å². The summed E-state index contributed by atoms with van der Waals surface area (Å²) in [6.45, 7) is 0. The Hall–Kier alpha value is -4.13. The third-order valence-corrected chi connectivity index (χ3v) is 6.88. The molecule has 2 N–H and O–H groups in total. The second-order valence-corrected chi connectivity index (χ2v) is 9.61. The molecule has 0 saturated heterocycles. The molecule has 0 saturated carbocycles. The minimum Gasteiger partial charge on any atom is -0.324 e. The van der Waals surface area contributed by atoms with Crippen molar-refractivity contribution in [3.8, 4) is 0 Å². The van der Waals surface area contributed by atoms with E-state index in [4.69, 9.17) is 28.3 Å². The van der Waals surface area contributed by atoms with Crippen molar-refractivity contribution in [1.82, 2.24) is 9.97 Å². The highest BCUT2D eigenvalue weighted by atomic mass is 35.5. The Morgan fingerprint density at radius 2 is 1.46 bits per heavy atom. The lowest BCUT2D eigenvalue weighted by atomic mass is 9.86. The summed E-state index contributed by atoms with van der Waals surface area (Å²) in [5.41, 5.74) is 4.84. The van der Waals surface area contributed by atoms with Gasteiger partial charge in [-0.05, 0) is 59.7 Å². The van der Waals surface area contributed by atoms with Crippen LogP contribution in [-0.4, -0.2) is 21.6 Å². The number of halogens is 2. The third-order valence-electron chi connectivity index (χ3n) is 6.37. The number of H-pyrrole nitrogens is 1. The van der Waals surface area contributed by atoms with Crippen molar-refractivity contribution in [3.05, 3.63) is 124 Å². The molecule has 4 aromatic carbocycles. The number of hydrogen-bond acceptors (Lipinski definition) is 4. The number of aromatic nitrogens is 2. The number of hydrazone groups is 1. The molecule has 0 aliphatic carbocycles. The third kappa shape index (κ3) is 4.57.